The summed E-state index contributed by atoms with van der Waals surface area (Å²) in [5.41, 5.74) is 0.433. The molecule has 6 nitrogen and oxygen atoms in total. The lowest BCUT2D eigenvalue weighted by Gasteiger charge is -2.27. The molecule has 0 unspecified atom stereocenters. The van der Waals surface area contributed by atoms with Crippen LogP contribution in [-0.4, -0.2) is 34.7 Å². The fourth-order valence-electron chi connectivity index (χ4n) is 1.98. The Kier molecular flexibility index (Phi) is 4.41. The van der Waals surface area contributed by atoms with Crippen molar-refractivity contribution >= 4 is 15.5 Å². The van der Waals surface area contributed by atoms with Crippen molar-refractivity contribution in [2.75, 3.05) is 11.1 Å². The third kappa shape index (κ3) is 3.84. The molecule has 2 rings (SSSR count). The Bertz CT molecular complexity index is 655. The van der Waals surface area contributed by atoms with Gasteiger partial charge in [0, 0.05) is 12.1 Å². The zero-order valence-electron chi connectivity index (χ0n) is 12.8. The Morgan fingerprint density at radius 1 is 1.38 bits per heavy atom. The number of sulfone groups is 1. The largest absolute Gasteiger partial charge is 0.381 e. The number of hydrogen-bond donors (Lipinski definition) is 1. The third-order valence-electron chi connectivity index (χ3n) is 3.85. The molecule has 1 aliphatic carbocycles. The molecular formula is C14H23N3O3S. The van der Waals surface area contributed by atoms with Crippen molar-refractivity contribution in [3.05, 3.63) is 22.6 Å². The van der Waals surface area contributed by atoms with E-state index in [1.54, 1.807) is 27.0 Å². The number of hydrogen-bond acceptors (Lipinski definition) is 5. The van der Waals surface area contributed by atoms with Crippen molar-refractivity contribution in [2.24, 2.45) is 0 Å². The van der Waals surface area contributed by atoms with E-state index in [1.165, 1.54) is 17.2 Å². The van der Waals surface area contributed by atoms with Crippen LogP contribution in [0.1, 0.15) is 40.0 Å². The van der Waals surface area contributed by atoms with Gasteiger partial charge in [0.05, 0.1) is 28.9 Å². The van der Waals surface area contributed by atoms with E-state index >= 15 is 0 Å². The lowest BCUT2D eigenvalue weighted by atomic mass is 9.93. The van der Waals surface area contributed by atoms with Crippen LogP contribution in [0.25, 0.3) is 0 Å². The molecule has 0 saturated heterocycles. The normalized spacial score (nSPS) is 16.5. The van der Waals surface area contributed by atoms with Gasteiger partial charge in [0.2, 0.25) is 0 Å². The molecule has 0 aromatic carbocycles. The SMILES string of the molecule is CC(C)(C)S(=O)(=O)CCn1ncc(NC2CCC2)cc1=O. The van der Waals surface area contributed by atoms with Gasteiger partial charge in [-0.2, -0.15) is 5.10 Å². The fraction of sp³-hybridized carbons (Fsp3) is 0.714. The van der Waals surface area contributed by atoms with Crippen molar-refractivity contribution in [3.8, 4) is 0 Å². The number of nitrogens with one attached hydrogen (secondary N) is 1. The molecular weight excluding hydrogens is 290 g/mol. The first kappa shape index (κ1) is 16.0. The van der Waals surface area contributed by atoms with Crippen LogP contribution in [0, 0.1) is 0 Å². The molecule has 7 heteroatoms. The van der Waals surface area contributed by atoms with Crippen molar-refractivity contribution in [2.45, 2.75) is 57.4 Å². The molecule has 1 aromatic rings. The van der Waals surface area contributed by atoms with Crippen LogP contribution in [0.3, 0.4) is 0 Å². The van der Waals surface area contributed by atoms with Crippen molar-refractivity contribution < 1.29 is 8.42 Å². The van der Waals surface area contributed by atoms with Gasteiger partial charge >= 0.3 is 0 Å². The summed E-state index contributed by atoms with van der Waals surface area (Å²) < 4.78 is 24.5. The first-order chi connectivity index (χ1) is 9.69. The van der Waals surface area contributed by atoms with Crippen LogP contribution in [0.15, 0.2) is 17.1 Å². The monoisotopic (exact) mass is 313 g/mol. The van der Waals surface area contributed by atoms with Crippen LogP contribution in [0.5, 0.6) is 0 Å². The quantitative estimate of drug-likeness (QED) is 0.889. The first-order valence-corrected chi connectivity index (χ1v) is 8.90. The maximum absolute atomic E-state index is 12.0. The van der Waals surface area contributed by atoms with Crippen molar-refractivity contribution in [3.63, 3.8) is 0 Å². The topological polar surface area (TPSA) is 81.1 Å². The summed E-state index contributed by atoms with van der Waals surface area (Å²) in [5, 5.41) is 7.30. The summed E-state index contributed by atoms with van der Waals surface area (Å²) >= 11 is 0. The molecule has 21 heavy (non-hydrogen) atoms. The molecule has 1 aromatic heterocycles. The minimum absolute atomic E-state index is 0.0845. The zero-order valence-corrected chi connectivity index (χ0v) is 13.6. The Balaban J connectivity index is 2.03. The van der Waals surface area contributed by atoms with E-state index < -0.39 is 14.6 Å². The highest BCUT2D eigenvalue weighted by Gasteiger charge is 2.28. The summed E-state index contributed by atoms with van der Waals surface area (Å²) in [5.74, 6) is -0.0845. The molecule has 0 atom stereocenters. The van der Waals surface area contributed by atoms with Gasteiger partial charge in [-0.05, 0) is 40.0 Å². The van der Waals surface area contributed by atoms with Gasteiger partial charge in [-0.1, -0.05) is 0 Å². The predicted octanol–water partition coefficient (Wildman–Crippen LogP) is 1.42. The maximum Gasteiger partial charge on any atom is 0.268 e. The van der Waals surface area contributed by atoms with E-state index in [4.69, 9.17) is 0 Å². The highest BCUT2D eigenvalue weighted by Crippen LogP contribution is 2.22. The van der Waals surface area contributed by atoms with Gasteiger partial charge in [-0.3, -0.25) is 4.79 Å². The summed E-state index contributed by atoms with van der Waals surface area (Å²) in [7, 11) is -3.25. The molecule has 0 bridgehead atoms. The summed E-state index contributed by atoms with van der Waals surface area (Å²) in [6, 6.07) is 1.91. The summed E-state index contributed by atoms with van der Waals surface area (Å²) in [6.07, 6.45) is 5.04. The number of anilines is 1. The Morgan fingerprint density at radius 3 is 2.52 bits per heavy atom. The number of nitrogens with zero attached hydrogens (tertiary/aromatic N) is 2. The van der Waals surface area contributed by atoms with E-state index in [1.807, 2.05) is 0 Å². The van der Waals surface area contributed by atoms with E-state index in [0.717, 1.165) is 12.8 Å². The van der Waals surface area contributed by atoms with Crippen molar-refractivity contribution in [1.29, 1.82) is 0 Å². The first-order valence-electron chi connectivity index (χ1n) is 7.25. The molecule has 1 heterocycles. The molecule has 1 saturated carbocycles. The van der Waals surface area contributed by atoms with Gasteiger partial charge in [-0.15, -0.1) is 0 Å². The van der Waals surface area contributed by atoms with E-state index in [9.17, 15) is 13.2 Å². The lowest BCUT2D eigenvalue weighted by Crippen LogP contribution is -2.34. The van der Waals surface area contributed by atoms with E-state index in [0.29, 0.717) is 11.7 Å². The van der Waals surface area contributed by atoms with Gasteiger partial charge in [-0.25, -0.2) is 13.1 Å². The smallest absolute Gasteiger partial charge is 0.268 e. The molecule has 1 aliphatic rings. The third-order valence-corrected chi connectivity index (χ3v) is 6.44. The van der Waals surface area contributed by atoms with E-state index in [2.05, 4.69) is 10.4 Å². The maximum atomic E-state index is 12.0. The Hall–Kier alpha value is -1.37. The Labute approximate surface area is 125 Å². The number of aryl methyl sites for hydroxylation is 1. The number of aromatic nitrogens is 2. The minimum Gasteiger partial charge on any atom is -0.381 e. The summed E-state index contributed by atoms with van der Waals surface area (Å²) in [6.45, 7) is 5.06. The fourth-order valence-corrected chi connectivity index (χ4v) is 3.01. The second-order valence-electron chi connectivity index (χ2n) is 6.51. The molecule has 118 valence electrons. The second-order valence-corrected chi connectivity index (χ2v) is 9.37. The van der Waals surface area contributed by atoms with Crippen LogP contribution < -0.4 is 10.9 Å². The van der Waals surface area contributed by atoms with Crippen LogP contribution in [0.4, 0.5) is 5.69 Å². The molecule has 0 radical (unpaired) electrons. The van der Waals surface area contributed by atoms with Crippen molar-refractivity contribution in [1.82, 2.24) is 9.78 Å². The van der Waals surface area contributed by atoms with Gasteiger partial charge < -0.3 is 5.32 Å². The van der Waals surface area contributed by atoms with E-state index in [-0.39, 0.29) is 17.9 Å². The highest BCUT2D eigenvalue weighted by atomic mass is 32.2. The molecule has 1 fully saturated rings. The molecule has 0 aliphatic heterocycles. The Morgan fingerprint density at radius 2 is 2.05 bits per heavy atom. The second kappa shape index (κ2) is 5.79. The van der Waals surface area contributed by atoms with Crippen LogP contribution in [-0.2, 0) is 16.4 Å². The average molecular weight is 313 g/mol. The average Bonchev–Trinajstić information content (AvgIpc) is 2.31. The van der Waals surface area contributed by atoms with Gasteiger partial charge in [0.25, 0.3) is 5.56 Å². The van der Waals surface area contributed by atoms with Gasteiger partial charge in [0.15, 0.2) is 9.84 Å². The minimum atomic E-state index is -3.25. The predicted molar refractivity (Wildman–Crippen MR) is 83.3 cm³/mol. The van der Waals surface area contributed by atoms with Crippen LogP contribution in [0.2, 0.25) is 0 Å². The molecule has 0 spiro atoms. The molecule has 0 amide bonds. The summed E-state index contributed by atoms with van der Waals surface area (Å²) in [4.78, 5) is 12.0. The standard InChI is InChI=1S/C14H23N3O3S/c1-14(2,3)21(19,20)8-7-17-13(18)9-12(10-15-17)16-11-5-4-6-11/h9-11,16H,4-8H2,1-3H3. The molecule has 1 N–H and O–H groups in total. The van der Waals surface area contributed by atoms with Crippen LogP contribution >= 0.6 is 0 Å². The zero-order chi connectivity index (χ0) is 15.7. The highest BCUT2D eigenvalue weighted by molar-refractivity contribution is 7.92. The van der Waals surface area contributed by atoms with Gasteiger partial charge in [0.1, 0.15) is 0 Å². The number of rotatable bonds is 5. The lowest BCUT2D eigenvalue weighted by molar-refractivity contribution is 0.445.